The molecule has 0 spiro atoms. The molecule has 1 amide bonds. The van der Waals surface area contributed by atoms with Gasteiger partial charge in [-0.25, -0.2) is 4.79 Å². The Kier molecular flexibility index (Phi) is 6.88. The summed E-state index contributed by atoms with van der Waals surface area (Å²) in [5, 5.41) is 6.41. The fourth-order valence-electron chi connectivity index (χ4n) is 2.36. The van der Waals surface area contributed by atoms with E-state index in [1.165, 1.54) is 11.1 Å². The highest BCUT2D eigenvalue weighted by molar-refractivity contribution is 5.67. The minimum atomic E-state index is -0.465. The molecule has 2 atom stereocenters. The summed E-state index contributed by atoms with van der Waals surface area (Å²) in [6.07, 6.45) is 0.572. The summed E-state index contributed by atoms with van der Waals surface area (Å²) < 4.78 is 5.26. The molecule has 4 heteroatoms. The molecule has 0 aromatic heterocycles. The first kappa shape index (κ1) is 18.5. The summed E-state index contributed by atoms with van der Waals surface area (Å²) in [5.74, 6) is 0. The van der Waals surface area contributed by atoms with Crippen LogP contribution in [0.5, 0.6) is 0 Å². The number of rotatable bonds is 6. The van der Waals surface area contributed by atoms with Crippen LogP contribution in [0.2, 0.25) is 0 Å². The molecule has 0 heterocycles. The van der Waals surface area contributed by atoms with Gasteiger partial charge in [0.1, 0.15) is 5.60 Å². The summed E-state index contributed by atoms with van der Waals surface area (Å²) >= 11 is 0. The molecular weight excluding hydrogens is 276 g/mol. The zero-order valence-corrected chi connectivity index (χ0v) is 14.7. The van der Waals surface area contributed by atoms with Gasteiger partial charge in [0.05, 0.1) is 0 Å². The number of nitrogens with one attached hydrogen (secondary N) is 2. The summed E-state index contributed by atoms with van der Waals surface area (Å²) in [6, 6.07) is 8.82. The van der Waals surface area contributed by atoms with Gasteiger partial charge in [-0.05, 0) is 52.2 Å². The molecule has 0 saturated carbocycles. The van der Waals surface area contributed by atoms with Crippen LogP contribution in [0.1, 0.15) is 58.2 Å². The molecule has 0 aliphatic rings. The Morgan fingerprint density at radius 2 is 1.91 bits per heavy atom. The molecule has 1 aromatic rings. The van der Waals surface area contributed by atoms with Gasteiger partial charge < -0.3 is 15.4 Å². The highest BCUT2D eigenvalue weighted by Gasteiger charge is 2.18. The van der Waals surface area contributed by atoms with Gasteiger partial charge in [-0.1, -0.05) is 31.2 Å². The third-order valence-corrected chi connectivity index (χ3v) is 3.53. The Balaban J connectivity index is 2.52. The van der Waals surface area contributed by atoms with Crippen LogP contribution in [0.25, 0.3) is 0 Å². The molecular formula is C18H30N2O2. The van der Waals surface area contributed by atoms with Crippen LogP contribution in [0.4, 0.5) is 4.79 Å². The number of carbonyl (C=O) groups is 1. The van der Waals surface area contributed by atoms with Crippen molar-refractivity contribution in [2.45, 2.75) is 65.6 Å². The molecule has 0 fully saturated rings. The maximum atomic E-state index is 11.7. The largest absolute Gasteiger partial charge is 0.444 e. The van der Waals surface area contributed by atoms with Crippen LogP contribution in [0.3, 0.4) is 0 Å². The number of benzene rings is 1. The Labute approximate surface area is 134 Å². The Bertz CT molecular complexity index is 480. The van der Waals surface area contributed by atoms with Gasteiger partial charge in [0.25, 0.3) is 0 Å². The second-order valence-electron chi connectivity index (χ2n) is 6.73. The molecule has 2 N–H and O–H groups in total. The SMILES string of the molecule is CCC(CNC(=O)OC(C)(C)C)NC(C)c1ccccc1C. The van der Waals surface area contributed by atoms with Crippen LogP contribution in [0, 0.1) is 6.92 Å². The van der Waals surface area contributed by atoms with Crippen molar-refractivity contribution in [3.8, 4) is 0 Å². The van der Waals surface area contributed by atoms with E-state index in [-0.39, 0.29) is 18.2 Å². The molecule has 4 nitrogen and oxygen atoms in total. The van der Waals surface area contributed by atoms with Gasteiger partial charge in [-0.15, -0.1) is 0 Å². The lowest BCUT2D eigenvalue weighted by atomic mass is 10.0. The van der Waals surface area contributed by atoms with Gasteiger partial charge in [-0.3, -0.25) is 0 Å². The third kappa shape index (κ3) is 6.48. The summed E-state index contributed by atoms with van der Waals surface area (Å²) in [6.45, 7) is 12.5. The van der Waals surface area contributed by atoms with E-state index in [9.17, 15) is 4.79 Å². The number of hydrogen-bond acceptors (Lipinski definition) is 3. The highest BCUT2D eigenvalue weighted by Crippen LogP contribution is 2.17. The van der Waals surface area contributed by atoms with Crippen molar-refractivity contribution in [2.75, 3.05) is 6.54 Å². The van der Waals surface area contributed by atoms with Crippen LogP contribution in [-0.4, -0.2) is 24.3 Å². The Morgan fingerprint density at radius 3 is 2.45 bits per heavy atom. The number of carbonyl (C=O) groups excluding carboxylic acids is 1. The zero-order chi connectivity index (χ0) is 16.8. The highest BCUT2D eigenvalue weighted by atomic mass is 16.6. The van der Waals surface area contributed by atoms with Crippen LogP contribution >= 0.6 is 0 Å². The Morgan fingerprint density at radius 1 is 1.27 bits per heavy atom. The van der Waals surface area contributed by atoms with Crippen LogP contribution in [0.15, 0.2) is 24.3 Å². The summed E-state index contributed by atoms with van der Waals surface area (Å²) in [5.41, 5.74) is 2.10. The number of aryl methyl sites for hydroxylation is 1. The van der Waals surface area contributed by atoms with E-state index >= 15 is 0 Å². The standard InChI is InChI=1S/C18H30N2O2/c1-7-15(12-19-17(21)22-18(4,5)6)20-14(3)16-11-9-8-10-13(16)2/h8-11,14-15,20H,7,12H2,1-6H3,(H,19,21). The molecule has 0 bridgehead atoms. The molecule has 0 radical (unpaired) electrons. The van der Waals surface area contributed by atoms with Crippen LogP contribution in [-0.2, 0) is 4.74 Å². The predicted molar refractivity (Wildman–Crippen MR) is 91.0 cm³/mol. The predicted octanol–water partition coefficient (Wildman–Crippen LogP) is 3.95. The maximum absolute atomic E-state index is 11.7. The number of alkyl carbamates (subject to hydrolysis) is 1. The van der Waals surface area contributed by atoms with Crippen LogP contribution < -0.4 is 10.6 Å². The first-order valence-corrected chi connectivity index (χ1v) is 8.01. The van der Waals surface area contributed by atoms with Gasteiger partial charge in [0, 0.05) is 18.6 Å². The van der Waals surface area contributed by atoms with E-state index in [0.29, 0.717) is 6.54 Å². The fraction of sp³-hybridized carbons (Fsp3) is 0.611. The quantitative estimate of drug-likeness (QED) is 0.836. The molecule has 2 unspecified atom stereocenters. The molecule has 0 saturated heterocycles. The summed E-state index contributed by atoms with van der Waals surface area (Å²) in [4.78, 5) is 11.7. The van der Waals surface area contributed by atoms with E-state index in [1.54, 1.807) is 0 Å². The normalized spacial score (nSPS) is 14.3. The minimum Gasteiger partial charge on any atom is -0.444 e. The van der Waals surface area contributed by atoms with E-state index in [4.69, 9.17) is 4.74 Å². The minimum absolute atomic E-state index is 0.210. The smallest absolute Gasteiger partial charge is 0.407 e. The van der Waals surface area contributed by atoms with Crippen molar-refractivity contribution in [2.24, 2.45) is 0 Å². The number of amides is 1. The average Bonchev–Trinajstić information content (AvgIpc) is 2.41. The maximum Gasteiger partial charge on any atom is 0.407 e. The summed E-state index contributed by atoms with van der Waals surface area (Å²) in [7, 11) is 0. The lowest BCUT2D eigenvalue weighted by molar-refractivity contribution is 0.0521. The van der Waals surface area contributed by atoms with Crippen molar-refractivity contribution in [1.29, 1.82) is 0 Å². The molecule has 1 aromatic carbocycles. The van der Waals surface area contributed by atoms with Crippen molar-refractivity contribution in [1.82, 2.24) is 10.6 Å². The van der Waals surface area contributed by atoms with Crippen molar-refractivity contribution in [3.63, 3.8) is 0 Å². The second-order valence-corrected chi connectivity index (χ2v) is 6.73. The number of ether oxygens (including phenoxy) is 1. The molecule has 22 heavy (non-hydrogen) atoms. The van der Waals surface area contributed by atoms with Gasteiger partial charge in [0.15, 0.2) is 0 Å². The van der Waals surface area contributed by atoms with Crippen molar-refractivity contribution >= 4 is 6.09 Å². The zero-order valence-electron chi connectivity index (χ0n) is 14.7. The Hall–Kier alpha value is -1.55. The average molecular weight is 306 g/mol. The number of hydrogen-bond donors (Lipinski definition) is 2. The fourth-order valence-corrected chi connectivity index (χ4v) is 2.36. The van der Waals surface area contributed by atoms with Crippen molar-refractivity contribution < 1.29 is 9.53 Å². The molecule has 1 rings (SSSR count). The lowest BCUT2D eigenvalue weighted by Gasteiger charge is -2.25. The second kappa shape index (κ2) is 8.18. The molecule has 0 aliphatic carbocycles. The van der Waals surface area contributed by atoms with E-state index in [2.05, 4.69) is 49.6 Å². The van der Waals surface area contributed by atoms with E-state index < -0.39 is 5.60 Å². The van der Waals surface area contributed by atoms with Gasteiger partial charge in [-0.2, -0.15) is 0 Å². The lowest BCUT2D eigenvalue weighted by Crippen LogP contribution is -2.43. The first-order valence-electron chi connectivity index (χ1n) is 8.01. The third-order valence-electron chi connectivity index (χ3n) is 3.53. The topological polar surface area (TPSA) is 50.4 Å². The van der Waals surface area contributed by atoms with E-state index in [1.807, 2.05) is 26.8 Å². The van der Waals surface area contributed by atoms with E-state index in [0.717, 1.165) is 6.42 Å². The van der Waals surface area contributed by atoms with Crippen molar-refractivity contribution in [3.05, 3.63) is 35.4 Å². The van der Waals surface area contributed by atoms with Gasteiger partial charge in [0.2, 0.25) is 0 Å². The molecule has 0 aliphatic heterocycles. The van der Waals surface area contributed by atoms with Gasteiger partial charge >= 0.3 is 6.09 Å². The monoisotopic (exact) mass is 306 g/mol. The first-order chi connectivity index (χ1) is 10.2. The molecule has 124 valence electrons.